The number of hydrogen-bond donors (Lipinski definition) is 0. The van der Waals surface area contributed by atoms with Gasteiger partial charge >= 0.3 is 0 Å². The van der Waals surface area contributed by atoms with Crippen LogP contribution in [0.25, 0.3) is 0 Å². The number of allylic oxidation sites excluding steroid dienone is 5. The van der Waals surface area contributed by atoms with Crippen molar-refractivity contribution in [2.75, 3.05) is 12.9 Å². The molecule has 0 unspecified atom stereocenters. The summed E-state index contributed by atoms with van der Waals surface area (Å²) >= 11 is 7.16. The second-order valence-corrected chi connectivity index (χ2v) is 5.15. The van der Waals surface area contributed by atoms with Crippen molar-refractivity contribution in [3.05, 3.63) is 59.2 Å². The maximum absolute atomic E-state index is 11.3. The zero-order chi connectivity index (χ0) is 14.8. The molecule has 0 fully saturated rings. The first-order valence-electron chi connectivity index (χ1n) is 5.96. The largest absolute Gasteiger partial charge is 0.473 e. The number of thioether (sulfide) groups is 1. The molecular weight excluding hydrogens is 294 g/mol. The van der Waals surface area contributed by atoms with Crippen molar-refractivity contribution >= 4 is 28.6 Å². The van der Waals surface area contributed by atoms with Crippen LogP contribution in [0.4, 0.5) is 0 Å². The van der Waals surface area contributed by atoms with Crippen molar-refractivity contribution in [1.29, 1.82) is 0 Å². The van der Waals surface area contributed by atoms with E-state index in [2.05, 4.69) is 4.98 Å². The predicted octanol–water partition coefficient (Wildman–Crippen LogP) is 3.98. The van der Waals surface area contributed by atoms with Crippen LogP contribution in [0.3, 0.4) is 0 Å². The summed E-state index contributed by atoms with van der Waals surface area (Å²) in [6, 6.07) is 5.38. The highest BCUT2D eigenvalue weighted by atomic mass is 35.5. The van der Waals surface area contributed by atoms with Crippen LogP contribution in [0.2, 0.25) is 0 Å². The summed E-state index contributed by atoms with van der Waals surface area (Å²) in [5.41, 5.74) is 0.396. The van der Waals surface area contributed by atoms with Crippen LogP contribution in [0.1, 0.15) is 6.92 Å². The van der Waals surface area contributed by atoms with Crippen LogP contribution in [0, 0.1) is 0 Å². The molecule has 0 aliphatic heterocycles. The summed E-state index contributed by atoms with van der Waals surface area (Å²) in [5, 5.41) is -0.513. The van der Waals surface area contributed by atoms with Gasteiger partial charge in [-0.25, -0.2) is 4.98 Å². The maximum atomic E-state index is 11.3. The van der Waals surface area contributed by atoms with Crippen molar-refractivity contribution in [2.24, 2.45) is 0 Å². The van der Waals surface area contributed by atoms with Crippen LogP contribution < -0.4 is 4.74 Å². The second kappa shape index (κ2) is 9.39. The van der Waals surface area contributed by atoms with E-state index in [0.29, 0.717) is 11.5 Å². The normalized spacial score (nSPS) is 12.8. The monoisotopic (exact) mass is 309 g/mol. The van der Waals surface area contributed by atoms with Gasteiger partial charge in [-0.1, -0.05) is 24.3 Å². The SMILES string of the molecule is CS/C(C)=C/C=C\C(=C\COc1ccccn1)C(=O)Cl. The van der Waals surface area contributed by atoms with Gasteiger partial charge in [0.2, 0.25) is 5.88 Å². The topological polar surface area (TPSA) is 39.2 Å². The standard InChI is InChI=1S/C15H16ClNO2S/c1-12(20-2)6-5-7-13(15(16)18)9-11-19-14-8-3-4-10-17-14/h3-10H,11H2,1-2H3/b7-5-,12-6+,13-9-. The third kappa shape index (κ3) is 6.59. The number of pyridine rings is 1. The molecule has 0 spiro atoms. The molecule has 20 heavy (non-hydrogen) atoms. The van der Waals surface area contributed by atoms with Gasteiger partial charge in [0, 0.05) is 17.8 Å². The highest BCUT2D eigenvalue weighted by Crippen LogP contribution is 2.10. The Labute approximate surface area is 128 Å². The summed E-state index contributed by atoms with van der Waals surface area (Å²) < 4.78 is 5.38. The molecule has 1 rings (SSSR count). The molecule has 1 aromatic rings. The van der Waals surface area contributed by atoms with Crippen molar-refractivity contribution in [3.63, 3.8) is 0 Å². The third-order valence-electron chi connectivity index (χ3n) is 2.33. The fraction of sp³-hybridized carbons (Fsp3) is 0.200. The predicted molar refractivity (Wildman–Crippen MR) is 85.1 cm³/mol. The van der Waals surface area contributed by atoms with Gasteiger partial charge in [0.25, 0.3) is 5.24 Å². The highest BCUT2D eigenvalue weighted by molar-refractivity contribution is 8.02. The number of carbonyl (C=O) groups is 1. The number of aromatic nitrogens is 1. The molecule has 106 valence electrons. The first-order valence-corrected chi connectivity index (χ1v) is 7.56. The van der Waals surface area contributed by atoms with E-state index >= 15 is 0 Å². The van der Waals surface area contributed by atoms with Gasteiger partial charge in [-0.05, 0) is 41.8 Å². The minimum absolute atomic E-state index is 0.236. The van der Waals surface area contributed by atoms with E-state index in [1.807, 2.05) is 25.3 Å². The highest BCUT2D eigenvalue weighted by Gasteiger charge is 2.01. The first-order chi connectivity index (χ1) is 9.63. The molecule has 0 aliphatic carbocycles. The fourth-order valence-corrected chi connectivity index (χ4v) is 1.57. The zero-order valence-corrected chi connectivity index (χ0v) is 12.9. The van der Waals surface area contributed by atoms with Crippen LogP contribution in [0.15, 0.2) is 59.2 Å². The third-order valence-corrected chi connectivity index (χ3v) is 3.33. The number of ether oxygens (including phenoxy) is 1. The van der Waals surface area contributed by atoms with E-state index in [1.165, 1.54) is 0 Å². The van der Waals surface area contributed by atoms with Crippen molar-refractivity contribution in [3.8, 4) is 5.88 Å². The minimum atomic E-state index is -0.513. The summed E-state index contributed by atoms with van der Waals surface area (Å²) in [6.45, 7) is 2.23. The molecule has 5 heteroatoms. The maximum Gasteiger partial charge on any atom is 0.252 e. The molecule has 3 nitrogen and oxygen atoms in total. The van der Waals surface area contributed by atoms with Crippen molar-refractivity contribution in [1.82, 2.24) is 4.98 Å². The number of nitrogens with zero attached hydrogens (tertiary/aromatic N) is 1. The van der Waals surface area contributed by atoms with Gasteiger partial charge < -0.3 is 4.74 Å². The lowest BCUT2D eigenvalue weighted by molar-refractivity contribution is -0.108. The molecule has 0 amide bonds. The summed E-state index contributed by atoms with van der Waals surface area (Å²) in [7, 11) is 0. The van der Waals surface area contributed by atoms with Gasteiger partial charge in [-0.2, -0.15) is 0 Å². The average molecular weight is 310 g/mol. The van der Waals surface area contributed by atoms with Gasteiger partial charge in [-0.15, -0.1) is 11.8 Å². The van der Waals surface area contributed by atoms with Gasteiger partial charge in [0.1, 0.15) is 6.61 Å². The molecule has 0 saturated carbocycles. The Morgan fingerprint density at radius 1 is 1.50 bits per heavy atom. The summed E-state index contributed by atoms with van der Waals surface area (Å²) in [4.78, 5) is 16.4. The molecular formula is C15H16ClNO2S. The van der Waals surface area contributed by atoms with E-state index in [-0.39, 0.29) is 6.61 Å². The Morgan fingerprint density at radius 2 is 2.30 bits per heavy atom. The summed E-state index contributed by atoms with van der Waals surface area (Å²) in [6.07, 6.45) is 10.6. The average Bonchev–Trinajstić information content (AvgIpc) is 2.46. The Bertz CT molecular complexity index is 524. The van der Waals surface area contributed by atoms with E-state index in [4.69, 9.17) is 16.3 Å². The Kier molecular flexibility index (Phi) is 7.77. The van der Waals surface area contributed by atoms with Crippen LogP contribution >= 0.6 is 23.4 Å². The van der Waals surface area contributed by atoms with E-state index in [9.17, 15) is 4.79 Å². The molecule has 0 saturated heterocycles. The molecule has 0 N–H and O–H groups in total. The summed E-state index contributed by atoms with van der Waals surface area (Å²) in [5.74, 6) is 0.507. The second-order valence-electron chi connectivity index (χ2n) is 3.75. The van der Waals surface area contributed by atoms with Crippen LogP contribution in [-0.2, 0) is 4.79 Å². The lowest BCUT2D eigenvalue weighted by atomic mass is 10.2. The Morgan fingerprint density at radius 3 is 2.90 bits per heavy atom. The minimum Gasteiger partial charge on any atom is -0.473 e. The smallest absolute Gasteiger partial charge is 0.252 e. The van der Waals surface area contributed by atoms with E-state index < -0.39 is 5.24 Å². The Hall–Kier alpha value is -1.52. The lowest BCUT2D eigenvalue weighted by Crippen LogP contribution is -1.99. The van der Waals surface area contributed by atoms with Gasteiger partial charge in [-0.3, -0.25) is 4.79 Å². The number of rotatable bonds is 7. The first kappa shape index (κ1) is 16.5. The number of halogens is 1. The molecule has 0 radical (unpaired) electrons. The molecule has 0 atom stereocenters. The van der Waals surface area contributed by atoms with Crippen LogP contribution in [0.5, 0.6) is 5.88 Å². The quantitative estimate of drug-likeness (QED) is 0.434. The van der Waals surface area contributed by atoms with E-state index in [1.54, 1.807) is 48.3 Å². The number of hydrogen-bond acceptors (Lipinski definition) is 4. The zero-order valence-electron chi connectivity index (χ0n) is 11.4. The number of carbonyl (C=O) groups excluding carboxylic acids is 1. The van der Waals surface area contributed by atoms with Crippen LogP contribution in [-0.4, -0.2) is 23.1 Å². The fourth-order valence-electron chi connectivity index (χ4n) is 1.22. The molecule has 0 aliphatic rings. The molecule has 1 heterocycles. The van der Waals surface area contributed by atoms with Gasteiger partial charge in [0.15, 0.2) is 0 Å². The van der Waals surface area contributed by atoms with E-state index in [0.717, 1.165) is 4.91 Å². The lowest BCUT2D eigenvalue weighted by Gasteiger charge is -2.01. The van der Waals surface area contributed by atoms with Crippen molar-refractivity contribution in [2.45, 2.75) is 6.92 Å². The molecule has 0 aromatic carbocycles. The van der Waals surface area contributed by atoms with Gasteiger partial charge in [0.05, 0.1) is 0 Å². The Balaban J connectivity index is 2.62. The van der Waals surface area contributed by atoms with Crippen molar-refractivity contribution < 1.29 is 9.53 Å². The molecule has 0 bridgehead atoms. The molecule has 1 aromatic heterocycles.